The number of aliphatic imine (C=N–C) groups is 1. The Hall–Kier alpha value is -0.640. The van der Waals surface area contributed by atoms with E-state index < -0.39 is 10.8 Å². The zero-order valence-corrected chi connectivity index (χ0v) is 18.6. The highest BCUT2D eigenvalue weighted by Crippen LogP contribution is 2.23. The van der Waals surface area contributed by atoms with Crippen LogP contribution >= 0.6 is 24.0 Å². The zero-order valence-electron chi connectivity index (χ0n) is 15.4. The standard InChI is InChI=1S/C17H30N4O2S.HI/c1-4-13-10-15(23-21-13)12-19-17(18-5-2)20-14-8-7-9-16(11-14)24(22)6-3;/h10,14,16H,4-9,11-12H2,1-3H3,(H2,18,19,20);1H. The lowest BCUT2D eigenvalue weighted by Crippen LogP contribution is -2.46. The van der Waals surface area contributed by atoms with E-state index in [1.165, 1.54) is 0 Å². The molecule has 0 spiro atoms. The molecule has 1 aliphatic rings. The molecule has 1 aliphatic carbocycles. The van der Waals surface area contributed by atoms with E-state index in [4.69, 9.17) is 4.52 Å². The van der Waals surface area contributed by atoms with Gasteiger partial charge < -0.3 is 15.2 Å². The fourth-order valence-corrected chi connectivity index (χ4v) is 4.37. The molecular weight excluding hydrogens is 451 g/mol. The van der Waals surface area contributed by atoms with Crippen molar-refractivity contribution in [2.24, 2.45) is 4.99 Å². The number of nitrogens with zero attached hydrogens (tertiary/aromatic N) is 2. The second-order valence-electron chi connectivity index (χ2n) is 6.13. The van der Waals surface area contributed by atoms with Gasteiger partial charge in [-0.2, -0.15) is 0 Å². The largest absolute Gasteiger partial charge is 0.359 e. The summed E-state index contributed by atoms with van der Waals surface area (Å²) < 4.78 is 17.4. The first-order chi connectivity index (χ1) is 11.7. The highest BCUT2D eigenvalue weighted by Gasteiger charge is 2.26. The fraction of sp³-hybridized carbons (Fsp3) is 0.765. The molecule has 144 valence electrons. The lowest BCUT2D eigenvalue weighted by Gasteiger charge is -2.30. The number of rotatable bonds is 7. The maximum Gasteiger partial charge on any atom is 0.191 e. The normalized spacial score (nSPS) is 22.1. The van der Waals surface area contributed by atoms with Gasteiger partial charge >= 0.3 is 0 Å². The number of guanidine groups is 1. The van der Waals surface area contributed by atoms with Gasteiger partial charge in [-0.15, -0.1) is 24.0 Å². The Labute approximate surface area is 170 Å². The van der Waals surface area contributed by atoms with Crippen molar-refractivity contribution >= 4 is 40.7 Å². The molecular formula is C17H31IN4O2S. The molecule has 1 heterocycles. The molecule has 6 nitrogen and oxygen atoms in total. The number of halogens is 1. The highest BCUT2D eigenvalue weighted by atomic mass is 127. The molecule has 0 amide bonds. The molecule has 2 rings (SSSR count). The molecule has 0 radical (unpaired) electrons. The maximum atomic E-state index is 12.1. The third-order valence-electron chi connectivity index (χ3n) is 4.33. The number of aryl methyl sites for hydroxylation is 1. The number of hydrogen-bond acceptors (Lipinski definition) is 4. The van der Waals surface area contributed by atoms with E-state index in [0.29, 0.717) is 17.8 Å². The summed E-state index contributed by atoms with van der Waals surface area (Å²) in [5, 5.41) is 11.1. The summed E-state index contributed by atoms with van der Waals surface area (Å²) in [6, 6.07) is 2.28. The molecule has 0 aromatic carbocycles. The van der Waals surface area contributed by atoms with E-state index in [2.05, 4.69) is 34.6 Å². The minimum atomic E-state index is -0.708. The molecule has 0 saturated heterocycles. The molecule has 1 saturated carbocycles. The van der Waals surface area contributed by atoms with Gasteiger partial charge in [0.25, 0.3) is 0 Å². The first-order valence-corrected chi connectivity index (χ1v) is 10.4. The second-order valence-corrected chi connectivity index (χ2v) is 8.14. The summed E-state index contributed by atoms with van der Waals surface area (Å²) in [5.41, 5.74) is 0.954. The Kier molecular flexibility index (Phi) is 10.6. The van der Waals surface area contributed by atoms with Gasteiger partial charge in [0.05, 0.1) is 5.69 Å². The smallest absolute Gasteiger partial charge is 0.191 e. The molecule has 1 fully saturated rings. The van der Waals surface area contributed by atoms with Crippen molar-refractivity contribution in [3.05, 3.63) is 17.5 Å². The van der Waals surface area contributed by atoms with Crippen LogP contribution in [-0.2, 0) is 23.8 Å². The summed E-state index contributed by atoms with van der Waals surface area (Å²) >= 11 is 0. The van der Waals surface area contributed by atoms with Gasteiger partial charge in [0.2, 0.25) is 0 Å². The van der Waals surface area contributed by atoms with Crippen molar-refractivity contribution in [1.29, 1.82) is 0 Å². The summed E-state index contributed by atoms with van der Waals surface area (Å²) in [4.78, 5) is 4.60. The van der Waals surface area contributed by atoms with Crippen molar-refractivity contribution in [3.8, 4) is 0 Å². The van der Waals surface area contributed by atoms with Crippen molar-refractivity contribution in [2.75, 3.05) is 12.3 Å². The van der Waals surface area contributed by atoms with Crippen LogP contribution in [0, 0.1) is 0 Å². The van der Waals surface area contributed by atoms with Crippen molar-refractivity contribution in [1.82, 2.24) is 15.8 Å². The molecule has 3 unspecified atom stereocenters. The molecule has 1 aromatic rings. The lowest BCUT2D eigenvalue weighted by molar-refractivity contribution is 0.378. The van der Waals surface area contributed by atoms with Crippen LogP contribution in [0.5, 0.6) is 0 Å². The van der Waals surface area contributed by atoms with Crippen molar-refractivity contribution in [2.45, 2.75) is 70.7 Å². The minimum Gasteiger partial charge on any atom is -0.359 e. The van der Waals surface area contributed by atoms with Crippen LogP contribution in [0.4, 0.5) is 0 Å². The van der Waals surface area contributed by atoms with Crippen LogP contribution in [0.25, 0.3) is 0 Å². The quantitative estimate of drug-likeness (QED) is 0.355. The van der Waals surface area contributed by atoms with E-state index >= 15 is 0 Å². The second kappa shape index (κ2) is 11.9. The van der Waals surface area contributed by atoms with Gasteiger partial charge in [0, 0.05) is 40.5 Å². The first-order valence-electron chi connectivity index (χ1n) is 9.02. The van der Waals surface area contributed by atoms with E-state index in [-0.39, 0.29) is 24.0 Å². The van der Waals surface area contributed by atoms with Gasteiger partial charge in [0.15, 0.2) is 11.7 Å². The molecule has 1 aromatic heterocycles. The third kappa shape index (κ3) is 7.24. The number of hydrogen-bond donors (Lipinski definition) is 2. The number of aromatic nitrogens is 1. The van der Waals surface area contributed by atoms with Gasteiger partial charge in [0.1, 0.15) is 6.54 Å². The summed E-state index contributed by atoms with van der Waals surface area (Å²) in [6.45, 7) is 7.38. The highest BCUT2D eigenvalue weighted by molar-refractivity contribution is 14.0. The molecule has 25 heavy (non-hydrogen) atoms. The van der Waals surface area contributed by atoms with Gasteiger partial charge in [-0.05, 0) is 32.6 Å². The van der Waals surface area contributed by atoms with E-state index in [1.807, 2.05) is 13.0 Å². The minimum absolute atomic E-state index is 0. The maximum absolute atomic E-state index is 12.1. The van der Waals surface area contributed by atoms with Crippen LogP contribution in [-0.4, -0.2) is 38.9 Å². The zero-order chi connectivity index (χ0) is 17.4. The predicted octanol–water partition coefficient (Wildman–Crippen LogP) is 2.99. The SMILES string of the molecule is CCNC(=NCc1cc(CC)no1)NC1CCCC(S(=O)CC)C1.I. The summed E-state index contributed by atoms with van der Waals surface area (Å²) in [6.07, 6.45) is 5.11. The Morgan fingerprint density at radius 2 is 2.20 bits per heavy atom. The predicted molar refractivity (Wildman–Crippen MR) is 114 cm³/mol. The van der Waals surface area contributed by atoms with Crippen LogP contribution in [0.2, 0.25) is 0 Å². The van der Waals surface area contributed by atoms with Crippen LogP contribution in [0.15, 0.2) is 15.6 Å². The molecule has 0 aliphatic heterocycles. The molecule has 2 N–H and O–H groups in total. The van der Waals surface area contributed by atoms with E-state index in [9.17, 15) is 4.21 Å². The van der Waals surface area contributed by atoms with Gasteiger partial charge in [-0.1, -0.05) is 25.4 Å². The van der Waals surface area contributed by atoms with E-state index in [1.54, 1.807) is 0 Å². The Balaban J connectivity index is 0.00000312. The summed E-state index contributed by atoms with van der Waals surface area (Å²) in [7, 11) is -0.708. The average molecular weight is 482 g/mol. The van der Waals surface area contributed by atoms with E-state index in [0.717, 1.165) is 61.8 Å². The lowest BCUT2D eigenvalue weighted by atomic mass is 9.95. The van der Waals surface area contributed by atoms with Gasteiger partial charge in [-0.25, -0.2) is 4.99 Å². The van der Waals surface area contributed by atoms with Crippen LogP contribution in [0.3, 0.4) is 0 Å². The van der Waals surface area contributed by atoms with Gasteiger partial charge in [-0.3, -0.25) is 4.21 Å². The Bertz CT molecular complexity index is 565. The van der Waals surface area contributed by atoms with Crippen molar-refractivity contribution in [3.63, 3.8) is 0 Å². The third-order valence-corrected chi connectivity index (χ3v) is 6.07. The molecule has 3 atom stereocenters. The Morgan fingerprint density at radius 1 is 1.40 bits per heavy atom. The molecule has 0 bridgehead atoms. The fourth-order valence-electron chi connectivity index (χ4n) is 3.02. The van der Waals surface area contributed by atoms with Crippen LogP contribution in [0.1, 0.15) is 57.9 Å². The number of nitrogens with one attached hydrogen (secondary N) is 2. The topological polar surface area (TPSA) is 79.5 Å². The monoisotopic (exact) mass is 482 g/mol. The van der Waals surface area contributed by atoms with Crippen molar-refractivity contribution < 1.29 is 8.73 Å². The van der Waals surface area contributed by atoms with Crippen LogP contribution < -0.4 is 10.6 Å². The Morgan fingerprint density at radius 3 is 2.84 bits per heavy atom. The average Bonchev–Trinajstić information content (AvgIpc) is 3.07. The molecule has 8 heteroatoms. The first kappa shape index (κ1) is 22.4. The summed E-state index contributed by atoms with van der Waals surface area (Å²) in [5.74, 6) is 2.31.